The molecule has 0 fully saturated rings. The fourth-order valence-electron chi connectivity index (χ4n) is 1.52. The Morgan fingerprint density at radius 3 is 2.24 bits per heavy atom. The first-order chi connectivity index (χ1) is 9.45. The molecule has 0 aliphatic rings. The molecule has 0 aromatic carbocycles. The Morgan fingerprint density at radius 2 is 1.86 bits per heavy atom. The van der Waals surface area contributed by atoms with E-state index >= 15 is 0 Å². The quantitative estimate of drug-likeness (QED) is 0.830. The van der Waals surface area contributed by atoms with Gasteiger partial charge in [-0.25, -0.2) is 4.98 Å². The summed E-state index contributed by atoms with van der Waals surface area (Å²) < 4.78 is 78.2. The van der Waals surface area contributed by atoms with Gasteiger partial charge >= 0.3 is 18.5 Å². The Labute approximate surface area is 113 Å². The number of halogens is 6. The van der Waals surface area contributed by atoms with Crippen molar-refractivity contribution in [3.63, 3.8) is 0 Å². The molecule has 118 valence electrons. The number of aromatic nitrogens is 1. The Kier molecular flexibility index (Phi) is 4.66. The van der Waals surface area contributed by atoms with Crippen LogP contribution < -0.4 is 10.5 Å². The van der Waals surface area contributed by atoms with Gasteiger partial charge in [-0.2, -0.15) is 13.2 Å². The van der Waals surface area contributed by atoms with Gasteiger partial charge in [-0.05, 0) is 5.56 Å². The zero-order valence-electron chi connectivity index (χ0n) is 10.0. The van der Waals surface area contributed by atoms with Crippen molar-refractivity contribution in [3.8, 4) is 5.75 Å². The lowest BCUT2D eigenvalue weighted by atomic mass is 10.0. The van der Waals surface area contributed by atoms with E-state index in [0.717, 1.165) is 0 Å². The third-order valence-corrected chi connectivity index (χ3v) is 2.26. The monoisotopic (exact) mass is 318 g/mol. The first-order valence-corrected chi connectivity index (χ1v) is 5.21. The standard InChI is InChI=1S/C10H8F6N2O3/c11-9(12,13)8-7(21-10(14,15)16)5(1-6(19)20)4(2-17)3-18-8/h3H,1-2,17H2,(H,19,20). The van der Waals surface area contributed by atoms with Gasteiger partial charge in [0.15, 0.2) is 11.4 Å². The number of pyridine rings is 1. The van der Waals surface area contributed by atoms with Gasteiger partial charge in [0, 0.05) is 18.3 Å². The van der Waals surface area contributed by atoms with Gasteiger partial charge in [0.05, 0.1) is 6.42 Å². The lowest BCUT2D eigenvalue weighted by molar-refractivity contribution is -0.276. The Balaban J connectivity index is 3.57. The fraction of sp³-hybridized carbons (Fsp3) is 0.400. The number of carbonyl (C=O) groups is 1. The van der Waals surface area contributed by atoms with E-state index in [1.807, 2.05) is 0 Å². The molecule has 0 aliphatic heterocycles. The molecule has 1 rings (SSSR count). The van der Waals surface area contributed by atoms with Crippen LogP contribution in [-0.2, 0) is 23.9 Å². The molecule has 1 aromatic heterocycles. The summed E-state index contributed by atoms with van der Waals surface area (Å²) in [5, 5.41) is 8.62. The van der Waals surface area contributed by atoms with Crippen molar-refractivity contribution >= 4 is 5.97 Å². The van der Waals surface area contributed by atoms with E-state index < -0.39 is 48.5 Å². The largest absolute Gasteiger partial charge is 0.573 e. The number of nitrogens with two attached hydrogens (primary N) is 1. The first kappa shape index (κ1) is 17.0. The lowest BCUT2D eigenvalue weighted by Crippen LogP contribution is -2.24. The second-order valence-corrected chi connectivity index (χ2v) is 3.76. The fourth-order valence-corrected chi connectivity index (χ4v) is 1.52. The van der Waals surface area contributed by atoms with E-state index in [1.54, 1.807) is 0 Å². The normalized spacial score (nSPS) is 12.3. The molecule has 0 spiro atoms. The van der Waals surface area contributed by atoms with Crippen molar-refractivity contribution in [1.82, 2.24) is 4.98 Å². The van der Waals surface area contributed by atoms with Crippen molar-refractivity contribution in [2.45, 2.75) is 25.5 Å². The minimum atomic E-state index is -5.44. The van der Waals surface area contributed by atoms with E-state index in [9.17, 15) is 31.1 Å². The molecule has 11 heteroatoms. The number of ether oxygens (including phenoxy) is 1. The molecule has 1 aromatic rings. The lowest BCUT2D eigenvalue weighted by Gasteiger charge is -2.19. The van der Waals surface area contributed by atoms with Crippen molar-refractivity contribution in [2.75, 3.05) is 0 Å². The third-order valence-electron chi connectivity index (χ3n) is 2.26. The van der Waals surface area contributed by atoms with E-state index in [4.69, 9.17) is 10.8 Å². The molecule has 0 atom stereocenters. The van der Waals surface area contributed by atoms with Crippen LogP contribution in [0.15, 0.2) is 6.20 Å². The van der Waals surface area contributed by atoms with Crippen molar-refractivity contribution in [1.29, 1.82) is 0 Å². The third kappa shape index (κ3) is 4.48. The van der Waals surface area contributed by atoms with Crippen LogP contribution in [-0.4, -0.2) is 22.4 Å². The summed E-state index contributed by atoms with van der Waals surface area (Å²) in [5.74, 6) is -3.34. The predicted molar refractivity (Wildman–Crippen MR) is 55.2 cm³/mol. The molecule has 1 heterocycles. The molecule has 0 unspecified atom stereocenters. The molecule has 0 saturated carbocycles. The summed E-state index contributed by atoms with van der Waals surface area (Å²) in [6.07, 6.45) is -11.2. The first-order valence-electron chi connectivity index (χ1n) is 5.21. The maximum atomic E-state index is 12.7. The number of aliphatic carboxylic acids is 1. The molecule has 0 amide bonds. The van der Waals surface area contributed by atoms with E-state index in [1.165, 1.54) is 0 Å². The van der Waals surface area contributed by atoms with Crippen LogP contribution in [0.5, 0.6) is 5.75 Å². The number of nitrogens with zero attached hydrogens (tertiary/aromatic N) is 1. The zero-order valence-corrected chi connectivity index (χ0v) is 10.0. The van der Waals surface area contributed by atoms with Crippen LogP contribution in [0.25, 0.3) is 0 Å². The van der Waals surface area contributed by atoms with Gasteiger partial charge in [-0.1, -0.05) is 0 Å². The number of alkyl halides is 6. The molecular weight excluding hydrogens is 310 g/mol. The van der Waals surface area contributed by atoms with E-state index in [2.05, 4.69) is 9.72 Å². The van der Waals surface area contributed by atoms with Gasteiger partial charge in [0.2, 0.25) is 0 Å². The minimum absolute atomic E-state index is 0.287. The molecule has 21 heavy (non-hydrogen) atoms. The number of hydrogen-bond acceptors (Lipinski definition) is 4. The van der Waals surface area contributed by atoms with Crippen LogP contribution in [0.1, 0.15) is 16.8 Å². The van der Waals surface area contributed by atoms with Crippen molar-refractivity contribution in [3.05, 3.63) is 23.0 Å². The van der Waals surface area contributed by atoms with Crippen LogP contribution >= 0.6 is 0 Å². The smallest absolute Gasteiger partial charge is 0.481 e. The van der Waals surface area contributed by atoms with Crippen LogP contribution in [0.4, 0.5) is 26.3 Å². The molecule has 3 N–H and O–H groups in total. The maximum Gasteiger partial charge on any atom is 0.573 e. The highest BCUT2D eigenvalue weighted by Gasteiger charge is 2.42. The molecule has 5 nitrogen and oxygen atoms in total. The molecule has 0 aliphatic carbocycles. The SMILES string of the molecule is NCc1cnc(C(F)(F)F)c(OC(F)(F)F)c1CC(=O)O. The maximum absolute atomic E-state index is 12.7. The van der Waals surface area contributed by atoms with Crippen LogP contribution in [0.2, 0.25) is 0 Å². The average molecular weight is 318 g/mol. The number of carboxylic acid groups (broad SMARTS) is 1. The van der Waals surface area contributed by atoms with Gasteiger partial charge in [-0.15, -0.1) is 13.2 Å². The number of carboxylic acids is 1. The number of rotatable bonds is 4. The van der Waals surface area contributed by atoms with E-state index in [-0.39, 0.29) is 5.56 Å². The zero-order chi connectivity index (χ0) is 16.4. The summed E-state index contributed by atoms with van der Waals surface area (Å²) >= 11 is 0. The van der Waals surface area contributed by atoms with E-state index in [0.29, 0.717) is 6.20 Å². The summed E-state index contributed by atoms with van der Waals surface area (Å²) in [7, 11) is 0. The van der Waals surface area contributed by atoms with Gasteiger partial charge in [0.1, 0.15) is 0 Å². The van der Waals surface area contributed by atoms with Crippen molar-refractivity contribution in [2.24, 2.45) is 5.73 Å². The summed E-state index contributed by atoms with van der Waals surface area (Å²) in [6.45, 7) is -0.498. The molecule has 0 radical (unpaired) electrons. The van der Waals surface area contributed by atoms with Crippen LogP contribution in [0, 0.1) is 0 Å². The second kappa shape index (κ2) is 5.76. The Hall–Kier alpha value is -2.04. The average Bonchev–Trinajstić information content (AvgIpc) is 2.27. The summed E-state index contributed by atoms with van der Waals surface area (Å²) in [5.41, 5.74) is 2.10. The highest BCUT2D eigenvalue weighted by atomic mass is 19.4. The Morgan fingerprint density at radius 1 is 1.29 bits per heavy atom. The summed E-state index contributed by atoms with van der Waals surface area (Å²) in [4.78, 5) is 13.5. The second-order valence-electron chi connectivity index (χ2n) is 3.76. The van der Waals surface area contributed by atoms with Gasteiger partial charge in [-0.3, -0.25) is 4.79 Å². The van der Waals surface area contributed by atoms with Crippen LogP contribution in [0.3, 0.4) is 0 Å². The van der Waals surface area contributed by atoms with Gasteiger partial charge < -0.3 is 15.6 Å². The minimum Gasteiger partial charge on any atom is -0.481 e. The van der Waals surface area contributed by atoms with Crippen molar-refractivity contribution < 1.29 is 41.0 Å². The molecular formula is C10H8F6N2O3. The molecule has 0 bridgehead atoms. The Bertz CT molecular complexity index is 541. The number of hydrogen-bond donors (Lipinski definition) is 2. The topological polar surface area (TPSA) is 85.4 Å². The predicted octanol–water partition coefficient (Wildman–Crippen LogP) is 2.08. The highest BCUT2D eigenvalue weighted by molar-refractivity contribution is 5.72. The highest BCUT2D eigenvalue weighted by Crippen LogP contribution is 2.40. The summed E-state index contributed by atoms with van der Waals surface area (Å²) in [6, 6.07) is 0. The van der Waals surface area contributed by atoms with Gasteiger partial charge in [0.25, 0.3) is 0 Å². The molecule has 0 saturated heterocycles.